The third-order valence-electron chi connectivity index (χ3n) is 3.20. The van der Waals surface area contributed by atoms with E-state index in [0.717, 1.165) is 19.3 Å². The zero-order valence-corrected chi connectivity index (χ0v) is 7.42. The monoisotopic (exact) mass is 170 g/mol. The van der Waals surface area contributed by atoms with Crippen LogP contribution in [0.4, 0.5) is 0 Å². The van der Waals surface area contributed by atoms with Gasteiger partial charge >= 0.3 is 0 Å². The summed E-state index contributed by atoms with van der Waals surface area (Å²) >= 11 is 0. The number of piperidine rings is 1. The largest absolute Gasteiger partial charge is 0.390 e. The van der Waals surface area contributed by atoms with E-state index in [4.69, 9.17) is 5.73 Å². The Morgan fingerprint density at radius 2 is 1.92 bits per heavy atom. The van der Waals surface area contributed by atoms with Crippen LogP contribution in [0.15, 0.2) is 0 Å². The first-order chi connectivity index (χ1) is 5.72. The van der Waals surface area contributed by atoms with E-state index in [1.807, 2.05) is 0 Å². The maximum absolute atomic E-state index is 10.1. The fraction of sp³-hybridized carbons (Fsp3) is 1.00. The summed E-state index contributed by atoms with van der Waals surface area (Å²) in [5.41, 5.74) is 5.02. The molecule has 2 aliphatic heterocycles. The lowest BCUT2D eigenvalue weighted by Crippen LogP contribution is -2.49. The second-order valence-electron chi connectivity index (χ2n) is 4.31. The lowest BCUT2D eigenvalue weighted by Gasteiger charge is -2.36. The van der Waals surface area contributed by atoms with E-state index in [1.165, 1.54) is 12.8 Å². The fourth-order valence-electron chi connectivity index (χ4n) is 2.70. The quantitative estimate of drug-likeness (QED) is 0.546. The molecule has 12 heavy (non-hydrogen) atoms. The predicted octanol–water partition coefficient (Wildman–Crippen LogP) is -0.0193. The van der Waals surface area contributed by atoms with E-state index in [2.05, 4.69) is 5.32 Å². The molecule has 0 aromatic rings. The molecule has 0 spiro atoms. The molecule has 2 atom stereocenters. The summed E-state index contributed by atoms with van der Waals surface area (Å²) in [6, 6.07) is 1.11. The van der Waals surface area contributed by atoms with E-state index in [-0.39, 0.29) is 0 Å². The van der Waals surface area contributed by atoms with Gasteiger partial charge in [0.25, 0.3) is 0 Å². The normalized spacial score (nSPS) is 46.5. The molecule has 3 nitrogen and oxygen atoms in total. The number of nitrogens with two attached hydrogens (primary N) is 1. The van der Waals surface area contributed by atoms with E-state index < -0.39 is 5.60 Å². The Labute approximate surface area is 73.3 Å². The summed E-state index contributed by atoms with van der Waals surface area (Å²) in [5, 5.41) is 13.6. The van der Waals surface area contributed by atoms with Gasteiger partial charge in [0, 0.05) is 12.1 Å². The Kier molecular flexibility index (Phi) is 2.10. The van der Waals surface area contributed by atoms with Crippen LogP contribution < -0.4 is 11.1 Å². The van der Waals surface area contributed by atoms with Crippen molar-refractivity contribution in [2.75, 3.05) is 6.54 Å². The zero-order valence-electron chi connectivity index (χ0n) is 7.42. The minimum absolute atomic E-state index is 0.453. The molecular formula is C9H18N2O. The number of rotatable bonds is 2. The van der Waals surface area contributed by atoms with Crippen molar-refractivity contribution in [1.29, 1.82) is 0 Å². The molecule has 2 saturated heterocycles. The Bertz CT molecular complexity index is 160. The maximum atomic E-state index is 10.1. The second-order valence-corrected chi connectivity index (χ2v) is 4.31. The molecular weight excluding hydrogens is 152 g/mol. The zero-order chi connectivity index (χ0) is 8.60. The van der Waals surface area contributed by atoms with Gasteiger partial charge in [0.2, 0.25) is 0 Å². The van der Waals surface area contributed by atoms with Crippen molar-refractivity contribution in [3.8, 4) is 0 Å². The summed E-state index contributed by atoms with van der Waals surface area (Å²) in [6.45, 7) is 0.607. The molecule has 0 amide bonds. The van der Waals surface area contributed by atoms with Crippen molar-refractivity contribution in [3.05, 3.63) is 0 Å². The molecule has 2 heterocycles. The second kappa shape index (κ2) is 2.98. The molecule has 70 valence electrons. The number of hydrogen-bond acceptors (Lipinski definition) is 3. The van der Waals surface area contributed by atoms with E-state index in [0.29, 0.717) is 18.6 Å². The van der Waals surface area contributed by atoms with Crippen LogP contribution >= 0.6 is 0 Å². The van der Waals surface area contributed by atoms with Crippen molar-refractivity contribution in [3.63, 3.8) is 0 Å². The molecule has 2 unspecified atom stereocenters. The Hall–Kier alpha value is -0.120. The summed E-state index contributed by atoms with van der Waals surface area (Å²) in [7, 11) is 0. The van der Waals surface area contributed by atoms with E-state index >= 15 is 0 Å². The van der Waals surface area contributed by atoms with E-state index in [9.17, 15) is 5.11 Å². The first kappa shape index (κ1) is 8.48. The summed E-state index contributed by atoms with van der Waals surface area (Å²) in [4.78, 5) is 0. The number of aliphatic hydroxyl groups is 1. The molecule has 2 aliphatic rings. The van der Waals surface area contributed by atoms with Crippen LogP contribution in [0, 0.1) is 0 Å². The minimum atomic E-state index is -0.453. The lowest BCUT2D eigenvalue weighted by molar-refractivity contribution is -0.0117. The summed E-state index contributed by atoms with van der Waals surface area (Å²) < 4.78 is 0. The van der Waals surface area contributed by atoms with Crippen molar-refractivity contribution in [1.82, 2.24) is 5.32 Å². The van der Waals surface area contributed by atoms with Crippen LogP contribution in [0.25, 0.3) is 0 Å². The minimum Gasteiger partial charge on any atom is -0.390 e. The van der Waals surface area contributed by atoms with Crippen LogP contribution in [0.3, 0.4) is 0 Å². The standard InChI is InChI=1S/C9H18N2O/c10-4-3-9(12)5-7-1-2-8(6-9)11-7/h7-8,11-12H,1-6,10H2. The topological polar surface area (TPSA) is 58.3 Å². The van der Waals surface area contributed by atoms with Gasteiger partial charge in [-0.05, 0) is 38.6 Å². The maximum Gasteiger partial charge on any atom is 0.0689 e. The van der Waals surface area contributed by atoms with Crippen LogP contribution in [-0.4, -0.2) is 29.3 Å². The SMILES string of the molecule is NCCC1(O)CC2CCC(C1)N2. The van der Waals surface area contributed by atoms with Gasteiger partial charge in [-0.25, -0.2) is 0 Å². The van der Waals surface area contributed by atoms with Gasteiger partial charge in [-0.3, -0.25) is 0 Å². The molecule has 0 saturated carbocycles. The van der Waals surface area contributed by atoms with Crippen molar-refractivity contribution in [2.45, 2.75) is 49.8 Å². The molecule has 0 aliphatic carbocycles. The highest BCUT2D eigenvalue weighted by Gasteiger charge is 2.41. The van der Waals surface area contributed by atoms with Gasteiger partial charge in [0.1, 0.15) is 0 Å². The number of nitrogens with one attached hydrogen (secondary N) is 1. The molecule has 2 bridgehead atoms. The van der Waals surface area contributed by atoms with Gasteiger partial charge in [0.15, 0.2) is 0 Å². The Balaban J connectivity index is 2.00. The fourth-order valence-corrected chi connectivity index (χ4v) is 2.70. The Morgan fingerprint density at radius 3 is 2.42 bits per heavy atom. The smallest absolute Gasteiger partial charge is 0.0689 e. The molecule has 0 radical (unpaired) electrons. The summed E-state index contributed by atoms with van der Waals surface area (Å²) in [5.74, 6) is 0. The predicted molar refractivity (Wildman–Crippen MR) is 47.8 cm³/mol. The van der Waals surface area contributed by atoms with Crippen molar-refractivity contribution < 1.29 is 5.11 Å². The number of fused-ring (bicyclic) bond motifs is 2. The van der Waals surface area contributed by atoms with Crippen LogP contribution in [-0.2, 0) is 0 Å². The van der Waals surface area contributed by atoms with Crippen molar-refractivity contribution >= 4 is 0 Å². The van der Waals surface area contributed by atoms with Gasteiger partial charge in [-0.1, -0.05) is 0 Å². The molecule has 0 aromatic heterocycles. The summed E-state index contributed by atoms with van der Waals surface area (Å²) in [6.07, 6.45) is 5.04. The third-order valence-corrected chi connectivity index (χ3v) is 3.20. The molecule has 2 fully saturated rings. The molecule has 3 heteroatoms. The first-order valence-corrected chi connectivity index (χ1v) is 4.90. The highest BCUT2D eigenvalue weighted by Crippen LogP contribution is 2.35. The van der Waals surface area contributed by atoms with Gasteiger partial charge < -0.3 is 16.2 Å². The molecule has 4 N–H and O–H groups in total. The van der Waals surface area contributed by atoms with Crippen LogP contribution in [0.2, 0.25) is 0 Å². The van der Waals surface area contributed by atoms with Gasteiger partial charge in [0.05, 0.1) is 5.60 Å². The van der Waals surface area contributed by atoms with Crippen LogP contribution in [0.1, 0.15) is 32.1 Å². The lowest BCUT2D eigenvalue weighted by atomic mass is 9.85. The van der Waals surface area contributed by atoms with Crippen molar-refractivity contribution in [2.24, 2.45) is 5.73 Å². The average Bonchev–Trinajstić information content (AvgIpc) is 2.31. The number of hydrogen-bond donors (Lipinski definition) is 3. The highest BCUT2D eigenvalue weighted by atomic mass is 16.3. The van der Waals surface area contributed by atoms with E-state index in [1.54, 1.807) is 0 Å². The van der Waals surface area contributed by atoms with Gasteiger partial charge in [-0.2, -0.15) is 0 Å². The van der Waals surface area contributed by atoms with Gasteiger partial charge in [-0.15, -0.1) is 0 Å². The average molecular weight is 170 g/mol. The van der Waals surface area contributed by atoms with Crippen LogP contribution in [0.5, 0.6) is 0 Å². The Morgan fingerprint density at radius 1 is 1.33 bits per heavy atom. The molecule has 0 aromatic carbocycles. The first-order valence-electron chi connectivity index (χ1n) is 4.90. The highest BCUT2D eigenvalue weighted by molar-refractivity contribution is 4.99. The third kappa shape index (κ3) is 1.49. The molecule has 2 rings (SSSR count).